The molecule has 0 unspecified atom stereocenters. The van der Waals surface area contributed by atoms with Gasteiger partial charge < -0.3 is 5.32 Å². The molecular formula is C12H15ClN4. The normalized spacial score (nSPS) is 10.7. The fraction of sp³-hybridized carbons (Fsp3) is 0.333. The van der Waals surface area contributed by atoms with Crippen LogP contribution in [0.15, 0.2) is 30.6 Å². The van der Waals surface area contributed by atoms with Gasteiger partial charge in [-0.3, -0.25) is 0 Å². The number of aryl methyl sites for hydroxylation is 1. The van der Waals surface area contributed by atoms with Crippen molar-refractivity contribution in [3.63, 3.8) is 0 Å². The SMILES string of the molecule is CCn1ncnc1CNCc1ccccc1Cl. The van der Waals surface area contributed by atoms with E-state index in [0.29, 0.717) is 6.54 Å². The Bertz CT molecular complexity index is 481. The third kappa shape index (κ3) is 3.05. The average molecular weight is 251 g/mol. The molecule has 5 heteroatoms. The lowest BCUT2D eigenvalue weighted by Gasteiger charge is -2.06. The average Bonchev–Trinajstić information content (AvgIpc) is 2.79. The van der Waals surface area contributed by atoms with Crippen molar-refractivity contribution >= 4 is 11.6 Å². The highest BCUT2D eigenvalue weighted by atomic mass is 35.5. The van der Waals surface area contributed by atoms with Crippen LogP contribution in [0, 0.1) is 0 Å². The van der Waals surface area contributed by atoms with Crippen LogP contribution in [-0.4, -0.2) is 14.8 Å². The molecule has 4 nitrogen and oxygen atoms in total. The van der Waals surface area contributed by atoms with Crippen LogP contribution in [0.4, 0.5) is 0 Å². The first-order chi connectivity index (χ1) is 8.31. The van der Waals surface area contributed by atoms with Crippen molar-refractivity contribution in [2.24, 2.45) is 0 Å². The molecule has 1 aromatic carbocycles. The summed E-state index contributed by atoms with van der Waals surface area (Å²) in [6.45, 7) is 4.31. The molecule has 0 spiro atoms. The fourth-order valence-electron chi connectivity index (χ4n) is 1.64. The van der Waals surface area contributed by atoms with Gasteiger partial charge >= 0.3 is 0 Å². The van der Waals surface area contributed by atoms with Gasteiger partial charge in [0.25, 0.3) is 0 Å². The van der Waals surface area contributed by atoms with Crippen LogP contribution >= 0.6 is 11.6 Å². The Labute approximate surface area is 106 Å². The molecular weight excluding hydrogens is 236 g/mol. The summed E-state index contributed by atoms with van der Waals surface area (Å²) >= 11 is 6.07. The molecule has 0 radical (unpaired) electrons. The third-order valence-electron chi connectivity index (χ3n) is 2.55. The van der Waals surface area contributed by atoms with Gasteiger partial charge in [-0.1, -0.05) is 29.8 Å². The zero-order chi connectivity index (χ0) is 12.1. The maximum atomic E-state index is 6.07. The lowest BCUT2D eigenvalue weighted by molar-refractivity contribution is 0.572. The molecule has 0 aliphatic carbocycles. The fourth-order valence-corrected chi connectivity index (χ4v) is 1.84. The van der Waals surface area contributed by atoms with Gasteiger partial charge in [0.15, 0.2) is 0 Å². The van der Waals surface area contributed by atoms with E-state index in [4.69, 9.17) is 11.6 Å². The summed E-state index contributed by atoms with van der Waals surface area (Å²) in [5.74, 6) is 0.944. The Morgan fingerprint density at radius 2 is 2.12 bits per heavy atom. The van der Waals surface area contributed by atoms with Gasteiger partial charge in [0, 0.05) is 18.1 Å². The molecule has 0 saturated carbocycles. The van der Waals surface area contributed by atoms with E-state index in [9.17, 15) is 0 Å². The summed E-state index contributed by atoms with van der Waals surface area (Å²) < 4.78 is 1.87. The van der Waals surface area contributed by atoms with Gasteiger partial charge in [0.05, 0.1) is 6.54 Å². The first kappa shape index (κ1) is 12.1. The number of benzene rings is 1. The standard InChI is InChI=1S/C12H15ClN4/c1-2-17-12(15-9-16-17)8-14-7-10-5-3-4-6-11(10)13/h3-6,9,14H,2,7-8H2,1H3. The minimum Gasteiger partial charge on any atom is -0.306 e. The number of nitrogens with zero attached hydrogens (tertiary/aromatic N) is 3. The van der Waals surface area contributed by atoms with Gasteiger partial charge in [-0.15, -0.1) is 0 Å². The summed E-state index contributed by atoms with van der Waals surface area (Å²) in [5.41, 5.74) is 1.09. The van der Waals surface area contributed by atoms with Crippen LogP contribution in [0.25, 0.3) is 0 Å². The molecule has 0 aliphatic heterocycles. The second-order valence-corrected chi connectivity index (χ2v) is 4.09. The molecule has 17 heavy (non-hydrogen) atoms. The van der Waals surface area contributed by atoms with E-state index >= 15 is 0 Å². The van der Waals surface area contributed by atoms with E-state index < -0.39 is 0 Å². The topological polar surface area (TPSA) is 42.7 Å². The quantitative estimate of drug-likeness (QED) is 0.885. The van der Waals surface area contributed by atoms with Gasteiger partial charge in [-0.25, -0.2) is 9.67 Å². The minimum atomic E-state index is 0.694. The molecule has 0 aliphatic rings. The molecule has 1 aromatic heterocycles. The number of hydrogen-bond acceptors (Lipinski definition) is 3. The van der Waals surface area contributed by atoms with Gasteiger partial charge in [-0.05, 0) is 18.6 Å². The van der Waals surface area contributed by atoms with Crippen LogP contribution in [0.2, 0.25) is 5.02 Å². The summed E-state index contributed by atoms with van der Waals surface area (Å²) in [7, 11) is 0. The highest BCUT2D eigenvalue weighted by Crippen LogP contribution is 2.14. The van der Waals surface area contributed by atoms with Gasteiger partial charge in [-0.2, -0.15) is 5.10 Å². The van der Waals surface area contributed by atoms with E-state index in [0.717, 1.165) is 29.5 Å². The summed E-state index contributed by atoms with van der Waals surface area (Å²) in [4.78, 5) is 4.20. The number of halogens is 1. The van der Waals surface area contributed by atoms with Gasteiger partial charge in [0.2, 0.25) is 0 Å². The molecule has 2 aromatic rings. The Morgan fingerprint density at radius 1 is 1.29 bits per heavy atom. The lowest BCUT2D eigenvalue weighted by atomic mass is 10.2. The largest absolute Gasteiger partial charge is 0.306 e. The van der Waals surface area contributed by atoms with Crippen LogP contribution in [-0.2, 0) is 19.6 Å². The van der Waals surface area contributed by atoms with Crippen molar-refractivity contribution in [1.82, 2.24) is 20.1 Å². The molecule has 0 amide bonds. The van der Waals surface area contributed by atoms with E-state index in [2.05, 4.69) is 15.4 Å². The second-order valence-electron chi connectivity index (χ2n) is 3.69. The first-order valence-corrected chi connectivity index (χ1v) is 6.00. The van der Waals surface area contributed by atoms with Crippen molar-refractivity contribution < 1.29 is 0 Å². The van der Waals surface area contributed by atoms with E-state index in [1.54, 1.807) is 6.33 Å². The first-order valence-electron chi connectivity index (χ1n) is 5.62. The number of hydrogen-bond donors (Lipinski definition) is 1. The van der Waals surface area contributed by atoms with Crippen LogP contribution < -0.4 is 5.32 Å². The molecule has 1 heterocycles. The monoisotopic (exact) mass is 250 g/mol. The predicted molar refractivity (Wildman–Crippen MR) is 67.7 cm³/mol. The number of nitrogens with one attached hydrogen (secondary N) is 1. The maximum absolute atomic E-state index is 6.07. The zero-order valence-electron chi connectivity index (χ0n) is 9.73. The van der Waals surface area contributed by atoms with Crippen molar-refractivity contribution in [3.05, 3.63) is 47.0 Å². The molecule has 0 atom stereocenters. The Hall–Kier alpha value is -1.39. The number of rotatable bonds is 5. The third-order valence-corrected chi connectivity index (χ3v) is 2.92. The van der Waals surface area contributed by atoms with E-state index in [1.165, 1.54) is 0 Å². The van der Waals surface area contributed by atoms with E-state index in [-0.39, 0.29) is 0 Å². The minimum absolute atomic E-state index is 0.694. The van der Waals surface area contributed by atoms with Crippen molar-refractivity contribution in [2.45, 2.75) is 26.6 Å². The van der Waals surface area contributed by atoms with Crippen LogP contribution in [0.5, 0.6) is 0 Å². The van der Waals surface area contributed by atoms with Gasteiger partial charge in [0.1, 0.15) is 12.2 Å². The smallest absolute Gasteiger partial charge is 0.140 e. The van der Waals surface area contributed by atoms with Crippen LogP contribution in [0.1, 0.15) is 18.3 Å². The Kier molecular flexibility index (Phi) is 4.12. The lowest BCUT2D eigenvalue weighted by Crippen LogP contribution is -2.17. The predicted octanol–water partition coefficient (Wildman–Crippen LogP) is 2.24. The Morgan fingerprint density at radius 3 is 2.88 bits per heavy atom. The van der Waals surface area contributed by atoms with Crippen molar-refractivity contribution in [2.75, 3.05) is 0 Å². The van der Waals surface area contributed by atoms with Crippen LogP contribution in [0.3, 0.4) is 0 Å². The van der Waals surface area contributed by atoms with Crippen molar-refractivity contribution in [1.29, 1.82) is 0 Å². The van der Waals surface area contributed by atoms with Crippen molar-refractivity contribution in [3.8, 4) is 0 Å². The molecule has 0 fully saturated rings. The second kappa shape index (κ2) is 5.80. The summed E-state index contributed by atoms with van der Waals surface area (Å²) in [5, 5.41) is 8.22. The Balaban J connectivity index is 1.90. The zero-order valence-corrected chi connectivity index (χ0v) is 10.5. The summed E-state index contributed by atoms with van der Waals surface area (Å²) in [6.07, 6.45) is 1.58. The molecule has 90 valence electrons. The van der Waals surface area contributed by atoms with E-state index in [1.807, 2.05) is 35.9 Å². The maximum Gasteiger partial charge on any atom is 0.140 e. The molecule has 1 N–H and O–H groups in total. The summed E-state index contributed by atoms with van der Waals surface area (Å²) in [6, 6.07) is 7.82. The highest BCUT2D eigenvalue weighted by Gasteiger charge is 2.02. The number of aromatic nitrogens is 3. The molecule has 0 saturated heterocycles. The molecule has 0 bridgehead atoms. The highest BCUT2D eigenvalue weighted by molar-refractivity contribution is 6.31. The molecule has 2 rings (SSSR count).